The van der Waals surface area contributed by atoms with Crippen LogP contribution in [0.2, 0.25) is 0 Å². The molecule has 1 aromatic rings. The smallest absolute Gasteiger partial charge is 0.230 e. The summed E-state index contributed by atoms with van der Waals surface area (Å²) in [5.74, 6) is 0.501. The van der Waals surface area contributed by atoms with Crippen LogP contribution < -0.4 is 10.5 Å². The fourth-order valence-corrected chi connectivity index (χ4v) is 1.62. The maximum Gasteiger partial charge on any atom is 0.230 e. The first-order valence-corrected chi connectivity index (χ1v) is 4.49. The minimum absolute atomic E-state index is 0.458. The van der Waals surface area contributed by atoms with Crippen LogP contribution in [-0.4, -0.2) is 23.1 Å². The molecular formula is C7H12N2O2S. The monoisotopic (exact) mass is 188 g/mol. The lowest BCUT2D eigenvalue weighted by Crippen LogP contribution is -2.06. The van der Waals surface area contributed by atoms with Crippen LogP contribution in [0.1, 0.15) is 18.1 Å². The van der Waals surface area contributed by atoms with E-state index in [2.05, 4.69) is 4.37 Å². The summed E-state index contributed by atoms with van der Waals surface area (Å²) in [5, 5.41) is 11.3. The number of hydrogen-bond donors (Lipinski definition) is 2. The summed E-state index contributed by atoms with van der Waals surface area (Å²) in [6, 6.07) is 0. The number of aliphatic hydroxyl groups excluding tert-OH is 1. The average molecular weight is 188 g/mol. The lowest BCUT2D eigenvalue weighted by molar-refractivity contribution is 0.166. The number of methoxy groups -OCH3 is 1. The first-order chi connectivity index (χ1) is 5.79. The normalized spacial score (nSPS) is 12.9. The van der Waals surface area contributed by atoms with Crippen LogP contribution in [0.15, 0.2) is 5.38 Å². The molecule has 4 nitrogen and oxygen atoms in total. The van der Waals surface area contributed by atoms with E-state index < -0.39 is 6.10 Å². The molecule has 0 fully saturated rings. The summed E-state index contributed by atoms with van der Waals surface area (Å²) in [6.45, 7) is 0.458. The van der Waals surface area contributed by atoms with Gasteiger partial charge in [-0.05, 0) is 24.5 Å². The quantitative estimate of drug-likeness (QED) is 0.723. The Morgan fingerprint density at radius 3 is 3.17 bits per heavy atom. The van der Waals surface area contributed by atoms with Crippen LogP contribution in [-0.2, 0) is 0 Å². The van der Waals surface area contributed by atoms with Gasteiger partial charge in [0, 0.05) is 5.38 Å². The first kappa shape index (κ1) is 9.44. The third-order valence-corrected chi connectivity index (χ3v) is 2.19. The SMILES string of the molecule is COc1nscc1C(O)CCN. The summed E-state index contributed by atoms with van der Waals surface area (Å²) < 4.78 is 8.91. The van der Waals surface area contributed by atoms with Gasteiger partial charge in [-0.2, -0.15) is 4.37 Å². The minimum Gasteiger partial charge on any atom is -0.480 e. The zero-order valence-corrected chi connectivity index (χ0v) is 7.67. The number of nitrogens with two attached hydrogens (primary N) is 1. The molecule has 12 heavy (non-hydrogen) atoms. The fourth-order valence-electron chi connectivity index (χ4n) is 0.924. The predicted molar refractivity (Wildman–Crippen MR) is 47.3 cm³/mol. The third-order valence-electron chi connectivity index (χ3n) is 1.55. The van der Waals surface area contributed by atoms with E-state index in [9.17, 15) is 5.11 Å². The molecule has 1 heterocycles. The van der Waals surface area contributed by atoms with Gasteiger partial charge in [-0.1, -0.05) is 0 Å². The van der Waals surface area contributed by atoms with Gasteiger partial charge in [-0.15, -0.1) is 0 Å². The summed E-state index contributed by atoms with van der Waals surface area (Å²) >= 11 is 1.27. The van der Waals surface area contributed by atoms with E-state index in [4.69, 9.17) is 10.5 Å². The standard InChI is InChI=1S/C7H12N2O2S/c1-11-7-5(4-12-9-7)6(10)2-3-8/h4,6,10H,2-3,8H2,1H3. The van der Waals surface area contributed by atoms with Gasteiger partial charge in [-0.25, -0.2) is 0 Å². The molecule has 0 bridgehead atoms. The van der Waals surface area contributed by atoms with E-state index in [1.54, 1.807) is 5.38 Å². The van der Waals surface area contributed by atoms with Gasteiger partial charge in [0.1, 0.15) is 0 Å². The summed E-state index contributed by atoms with van der Waals surface area (Å²) in [7, 11) is 1.54. The third kappa shape index (κ3) is 1.94. The van der Waals surface area contributed by atoms with Crippen LogP contribution in [0.4, 0.5) is 0 Å². The maximum atomic E-state index is 9.53. The molecule has 0 saturated heterocycles. The van der Waals surface area contributed by atoms with Crippen molar-refractivity contribution in [3.63, 3.8) is 0 Å². The number of ether oxygens (including phenoxy) is 1. The van der Waals surface area contributed by atoms with Crippen molar-refractivity contribution in [2.75, 3.05) is 13.7 Å². The number of aliphatic hydroxyl groups is 1. The lowest BCUT2D eigenvalue weighted by atomic mass is 10.1. The van der Waals surface area contributed by atoms with Crippen molar-refractivity contribution in [1.82, 2.24) is 4.37 Å². The molecular weight excluding hydrogens is 176 g/mol. The summed E-state index contributed by atoms with van der Waals surface area (Å²) in [5.41, 5.74) is 6.04. The van der Waals surface area contributed by atoms with Crippen molar-refractivity contribution in [2.24, 2.45) is 5.73 Å². The second-order valence-corrected chi connectivity index (χ2v) is 3.00. The highest BCUT2D eigenvalue weighted by Crippen LogP contribution is 2.27. The number of rotatable bonds is 4. The lowest BCUT2D eigenvalue weighted by Gasteiger charge is -2.07. The molecule has 1 rings (SSSR count). The molecule has 0 aliphatic carbocycles. The molecule has 0 aliphatic heterocycles. The van der Waals surface area contributed by atoms with Gasteiger partial charge in [0.25, 0.3) is 0 Å². The van der Waals surface area contributed by atoms with Crippen molar-refractivity contribution in [3.8, 4) is 5.88 Å². The Bertz CT molecular complexity index is 239. The number of nitrogens with zero attached hydrogens (tertiary/aromatic N) is 1. The molecule has 0 spiro atoms. The summed E-state index contributed by atoms with van der Waals surface area (Å²) in [4.78, 5) is 0. The molecule has 1 atom stereocenters. The highest BCUT2D eigenvalue weighted by molar-refractivity contribution is 7.03. The molecule has 0 saturated carbocycles. The van der Waals surface area contributed by atoms with Crippen molar-refractivity contribution in [3.05, 3.63) is 10.9 Å². The average Bonchev–Trinajstić information content (AvgIpc) is 2.51. The molecule has 0 aliphatic rings. The second-order valence-electron chi connectivity index (χ2n) is 2.37. The predicted octanol–water partition coefficient (Wildman–Crippen LogP) is 0.534. The van der Waals surface area contributed by atoms with Crippen LogP contribution in [0.3, 0.4) is 0 Å². The highest BCUT2D eigenvalue weighted by Gasteiger charge is 2.14. The Hall–Kier alpha value is -0.650. The van der Waals surface area contributed by atoms with Gasteiger partial charge in [0.15, 0.2) is 0 Å². The van der Waals surface area contributed by atoms with Gasteiger partial charge in [0.2, 0.25) is 5.88 Å². The van der Waals surface area contributed by atoms with Crippen LogP contribution in [0.25, 0.3) is 0 Å². The fraction of sp³-hybridized carbons (Fsp3) is 0.571. The highest BCUT2D eigenvalue weighted by atomic mass is 32.1. The maximum absolute atomic E-state index is 9.53. The van der Waals surface area contributed by atoms with Gasteiger partial charge >= 0.3 is 0 Å². The Morgan fingerprint density at radius 1 is 1.83 bits per heavy atom. The second kappa shape index (κ2) is 4.39. The van der Waals surface area contributed by atoms with E-state index in [1.807, 2.05) is 0 Å². The van der Waals surface area contributed by atoms with Crippen molar-refractivity contribution in [1.29, 1.82) is 0 Å². The Balaban J connectivity index is 2.71. The Morgan fingerprint density at radius 2 is 2.58 bits per heavy atom. The van der Waals surface area contributed by atoms with Gasteiger partial charge in [-0.3, -0.25) is 0 Å². The molecule has 0 aromatic carbocycles. The molecule has 68 valence electrons. The van der Waals surface area contributed by atoms with E-state index in [0.29, 0.717) is 18.8 Å². The number of aromatic nitrogens is 1. The largest absolute Gasteiger partial charge is 0.480 e. The van der Waals surface area contributed by atoms with Crippen LogP contribution in [0.5, 0.6) is 5.88 Å². The van der Waals surface area contributed by atoms with Gasteiger partial charge < -0.3 is 15.6 Å². The van der Waals surface area contributed by atoms with Crippen LogP contribution >= 0.6 is 11.5 Å². The zero-order valence-electron chi connectivity index (χ0n) is 6.86. The van der Waals surface area contributed by atoms with Gasteiger partial charge in [0.05, 0.1) is 18.8 Å². The molecule has 3 N–H and O–H groups in total. The van der Waals surface area contributed by atoms with E-state index in [1.165, 1.54) is 18.6 Å². The first-order valence-electron chi connectivity index (χ1n) is 3.66. The molecule has 1 aromatic heterocycles. The molecule has 0 amide bonds. The van der Waals surface area contributed by atoms with E-state index >= 15 is 0 Å². The van der Waals surface area contributed by atoms with Crippen molar-refractivity contribution >= 4 is 11.5 Å². The Kier molecular flexibility index (Phi) is 3.46. The van der Waals surface area contributed by atoms with E-state index in [-0.39, 0.29) is 0 Å². The van der Waals surface area contributed by atoms with Crippen molar-refractivity contribution in [2.45, 2.75) is 12.5 Å². The molecule has 0 radical (unpaired) electrons. The minimum atomic E-state index is -0.552. The van der Waals surface area contributed by atoms with E-state index in [0.717, 1.165) is 5.56 Å². The number of hydrogen-bond acceptors (Lipinski definition) is 5. The molecule has 1 unspecified atom stereocenters. The molecule has 5 heteroatoms. The zero-order chi connectivity index (χ0) is 8.97. The van der Waals surface area contributed by atoms with Crippen LogP contribution in [0, 0.1) is 0 Å². The Labute approximate surface area is 75.1 Å². The van der Waals surface area contributed by atoms with Crippen molar-refractivity contribution < 1.29 is 9.84 Å². The summed E-state index contributed by atoms with van der Waals surface area (Å²) in [6.07, 6.45) is -0.0156. The topological polar surface area (TPSA) is 68.4 Å².